The minimum Gasteiger partial charge on any atom is -0.496 e. The van der Waals surface area contributed by atoms with Crippen molar-refractivity contribution >= 4 is 20.1 Å². The van der Waals surface area contributed by atoms with Crippen molar-refractivity contribution in [1.29, 1.82) is 0 Å². The van der Waals surface area contributed by atoms with E-state index in [4.69, 9.17) is 28.1 Å². The van der Waals surface area contributed by atoms with Gasteiger partial charge in [-0.15, -0.1) is 0 Å². The summed E-state index contributed by atoms with van der Waals surface area (Å²) in [6, 6.07) is 32.7. The van der Waals surface area contributed by atoms with E-state index in [0.717, 1.165) is 58.8 Å². The second-order valence-corrected chi connectivity index (χ2v) is 25.0. The summed E-state index contributed by atoms with van der Waals surface area (Å²) in [6.45, 7) is 21.5. The molecule has 1 saturated heterocycles. The predicted molar refractivity (Wildman–Crippen MR) is 263 cm³/mol. The molecule has 2 unspecified atom stereocenters. The van der Waals surface area contributed by atoms with Crippen molar-refractivity contribution in [2.45, 2.75) is 140 Å². The molecule has 0 spiro atoms. The van der Waals surface area contributed by atoms with E-state index < -0.39 is 32.7 Å². The van der Waals surface area contributed by atoms with Crippen LogP contribution in [-0.2, 0) is 37.1 Å². The predicted octanol–water partition coefficient (Wildman–Crippen LogP) is 12.2. The first-order valence-electron chi connectivity index (χ1n) is 23.9. The first-order chi connectivity index (χ1) is 31.2. The molecule has 0 bridgehead atoms. The summed E-state index contributed by atoms with van der Waals surface area (Å²) in [5.74, 6) is 1.29. The third-order valence-electron chi connectivity index (χ3n) is 13.9. The average Bonchev–Trinajstić information content (AvgIpc) is 3.60. The normalized spacial score (nSPS) is 19.9. The van der Waals surface area contributed by atoms with Crippen molar-refractivity contribution in [3.63, 3.8) is 0 Å². The maximum atomic E-state index is 13.7. The Morgan fingerprint density at radius 3 is 2.20 bits per heavy atom. The zero-order valence-electron chi connectivity index (χ0n) is 40.7. The van der Waals surface area contributed by atoms with Gasteiger partial charge in [-0.05, 0) is 82.4 Å². The largest absolute Gasteiger partial charge is 0.496 e. The third-order valence-corrected chi connectivity index (χ3v) is 20.1. The number of para-hydroxylation sites is 1. The zero-order valence-corrected chi connectivity index (χ0v) is 41.7. The smallest absolute Gasteiger partial charge is 0.407 e. The number of hydrogen-bond acceptors (Lipinski definition) is 8. The van der Waals surface area contributed by atoms with Crippen molar-refractivity contribution in [1.82, 2.24) is 4.90 Å². The minimum absolute atomic E-state index is 0.0162. The molecule has 11 heteroatoms. The van der Waals surface area contributed by atoms with Gasteiger partial charge < -0.3 is 38.5 Å². The lowest BCUT2D eigenvalue weighted by atomic mass is 9.78. The second kappa shape index (κ2) is 22.9. The van der Waals surface area contributed by atoms with E-state index in [1.807, 2.05) is 54.6 Å². The van der Waals surface area contributed by atoms with Crippen LogP contribution in [0.4, 0.5) is 10.5 Å². The molecule has 0 saturated carbocycles. The molecule has 10 nitrogen and oxygen atoms in total. The highest BCUT2D eigenvalue weighted by Gasteiger charge is 2.54. The van der Waals surface area contributed by atoms with Crippen LogP contribution in [0.5, 0.6) is 11.5 Å². The standard InChI is InChI=1S/C54H76N2O8Si/c1-37(2)65(38(3)4,39(5)6)64-50-34-56(53(57)58)47(32-40-18-12-11-13-19-40)52(63-49(22-16-29-59-9)42-25-28-45-46(33-42)55-36-54(45,7)8)51(50)41-23-26-44(27-24-41)62-31-17-30-61-35-43-20-14-15-21-48(43)60-10/h11-15,18-21,23-28,33,37-39,47,49-52,55H,16-17,22,29-32,34-36H2,1-10H3,(H,57,58)/t47?,49?,50-,51+,52+/m1/s1. The van der Waals surface area contributed by atoms with Crippen molar-refractivity contribution in [3.05, 3.63) is 125 Å². The van der Waals surface area contributed by atoms with Gasteiger partial charge >= 0.3 is 6.09 Å². The van der Waals surface area contributed by atoms with Crippen molar-refractivity contribution < 1.29 is 38.0 Å². The van der Waals surface area contributed by atoms with Gasteiger partial charge in [-0.3, -0.25) is 4.90 Å². The van der Waals surface area contributed by atoms with E-state index in [1.54, 1.807) is 19.1 Å². The van der Waals surface area contributed by atoms with E-state index in [9.17, 15) is 9.90 Å². The number of amides is 1. The van der Waals surface area contributed by atoms with Gasteiger partial charge in [0.2, 0.25) is 8.32 Å². The summed E-state index contributed by atoms with van der Waals surface area (Å²) in [6.07, 6.45) is 0.369. The fourth-order valence-corrected chi connectivity index (χ4v) is 16.3. The molecule has 5 atom stereocenters. The number of piperidine rings is 1. The number of likely N-dealkylation sites (tertiary alicyclic amines) is 1. The van der Waals surface area contributed by atoms with Crippen LogP contribution < -0.4 is 14.8 Å². The number of carboxylic acid groups (broad SMARTS) is 1. The quantitative estimate of drug-likeness (QED) is 0.0555. The summed E-state index contributed by atoms with van der Waals surface area (Å²) >= 11 is 0. The monoisotopic (exact) mass is 909 g/mol. The number of methoxy groups -OCH3 is 2. The van der Waals surface area contributed by atoms with Crippen molar-refractivity contribution in [2.24, 2.45) is 0 Å². The van der Waals surface area contributed by atoms with Gasteiger partial charge in [0.05, 0.1) is 57.8 Å². The van der Waals surface area contributed by atoms with Crippen molar-refractivity contribution in [2.75, 3.05) is 52.4 Å². The van der Waals surface area contributed by atoms with Crippen LogP contribution in [-0.4, -0.2) is 89.8 Å². The van der Waals surface area contributed by atoms with E-state index in [0.29, 0.717) is 55.9 Å². The number of fused-ring (bicyclic) bond motifs is 1. The summed E-state index contributed by atoms with van der Waals surface area (Å²) < 4.78 is 38.8. The number of nitrogens with zero attached hydrogens (tertiary/aromatic N) is 1. The Hall–Kier alpha value is -4.39. The molecule has 0 aromatic heterocycles. The van der Waals surface area contributed by atoms with Gasteiger partial charge in [0, 0.05) is 49.3 Å². The SMILES string of the molecule is COCCCC(O[C@H]1C(Cc2ccccc2)N(C(=O)O)C[C@@H](O[Si](C(C)C)(C(C)C)C(C)C)[C@@H]1c1ccc(OCCCOCc2ccccc2OC)cc1)c1ccc2c(c1)NCC2(C)C. The minimum atomic E-state index is -2.55. The lowest BCUT2D eigenvalue weighted by Crippen LogP contribution is -2.64. The summed E-state index contributed by atoms with van der Waals surface area (Å²) in [4.78, 5) is 15.3. The second-order valence-electron chi connectivity index (χ2n) is 19.6. The Morgan fingerprint density at radius 1 is 0.846 bits per heavy atom. The molecule has 0 radical (unpaired) electrons. The van der Waals surface area contributed by atoms with Crippen LogP contribution in [0.1, 0.15) is 114 Å². The molecule has 65 heavy (non-hydrogen) atoms. The Bertz CT molecular complexity index is 2070. The highest BCUT2D eigenvalue weighted by Crippen LogP contribution is 2.48. The number of nitrogens with one attached hydrogen (secondary N) is 1. The van der Waals surface area contributed by atoms with Gasteiger partial charge in [-0.2, -0.15) is 0 Å². The Morgan fingerprint density at radius 2 is 1.54 bits per heavy atom. The first kappa shape index (κ1) is 50.0. The maximum Gasteiger partial charge on any atom is 0.407 e. The van der Waals surface area contributed by atoms with Gasteiger partial charge in [0.15, 0.2) is 0 Å². The van der Waals surface area contributed by atoms with Crippen LogP contribution in [0.3, 0.4) is 0 Å². The molecule has 4 aromatic rings. The molecule has 4 aromatic carbocycles. The number of carbonyl (C=O) groups is 1. The molecule has 2 aliphatic rings. The Kier molecular flexibility index (Phi) is 17.6. The molecule has 2 aliphatic heterocycles. The summed E-state index contributed by atoms with van der Waals surface area (Å²) in [7, 11) is 0.860. The third kappa shape index (κ3) is 12.0. The number of hydrogen-bond donors (Lipinski definition) is 2. The summed E-state index contributed by atoms with van der Waals surface area (Å²) in [5, 5.41) is 14.9. The maximum absolute atomic E-state index is 13.7. The van der Waals surface area contributed by atoms with Crippen LogP contribution in [0, 0.1) is 0 Å². The van der Waals surface area contributed by atoms with Crippen LogP contribution >= 0.6 is 0 Å². The van der Waals surface area contributed by atoms with E-state index in [-0.39, 0.29) is 24.0 Å². The zero-order chi connectivity index (χ0) is 46.7. The van der Waals surface area contributed by atoms with Gasteiger partial charge in [0.1, 0.15) is 11.5 Å². The number of rotatable bonds is 23. The number of ether oxygens (including phenoxy) is 5. The molecular formula is C54H76N2O8Si. The molecule has 6 rings (SSSR count). The molecule has 354 valence electrons. The highest BCUT2D eigenvalue weighted by molar-refractivity contribution is 6.77. The molecular weight excluding hydrogens is 833 g/mol. The Labute approximate surface area is 390 Å². The van der Waals surface area contributed by atoms with Crippen molar-refractivity contribution in [3.8, 4) is 11.5 Å². The first-order valence-corrected chi connectivity index (χ1v) is 26.0. The highest BCUT2D eigenvalue weighted by atomic mass is 28.4. The van der Waals surface area contributed by atoms with Crippen LogP contribution in [0.15, 0.2) is 97.1 Å². The molecule has 2 N–H and O–H groups in total. The fourth-order valence-electron chi connectivity index (χ4n) is 10.7. The number of anilines is 1. The van der Waals surface area contributed by atoms with E-state index >= 15 is 0 Å². The Balaban J connectivity index is 1.38. The van der Waals surface area contributed by atoms with E-state index in [1.165, 1.54) is 5.56 Å². The average molecular weight is 909 g/mol. The van der Waals surface area contributed by atoms with Gasteiger partial charge in [0.25, 0.3) is 0 Å². The van der Waals surface area contributed by atoms with Gasteiger partial charge in [-0.25, -0.2) is 4.79 Å². The molecule has 2 heterocycles. The lowest BCUT2D eigenvalue weighted by molar-refractivity contribution is -0.120. The van der Waals surface area contributed by atoms with E-state index in [2.05, 4.69) is 103 Å². The molecule has 1 amide bonds. The number of benzene rings is 4. The van der Waals surface area contributed by atoms with Crippen LogP contribution in [0.25, 0.3) is 0 Å². The lowest BCUT2D eigenvalue weighted by Gasteiger charge is -2.53. The van der Waals surface area contributed by atoms with Crippen LogP contribution in [0.2, 0.25) is 16.6 Å². The molecule has 0 aliphatic carbocycles. The summed E-state index contributed by atoms with van der Waals surface area (Å²) in [5.41, 5.74) is 7.50. The topological polar surface area (TPSA) is 108 Å². The van der Waals surface area contributed by atoms with Gasteiger partial charge in [-0.1, -0.05) is 128 Å². The molecule has 1 fully saturated rings. The fraction of sp³-hybridized carbons (Fsp3) is 0.537.